The van der Waals surface area contributed by atoms with Gasteiger partial charge in [-0.1, -0.05) is 18.2 Å². The fraction of sp³-hybridized carbons (Fsp3) is 0.667. The summed E-state index contributed by atoms with van der Waals surface area (Å²) in [4.78, 5) is 7.01. The van der Waals surface area contributed by atoms with Crippen molar-refractivity contribution in [3.63, 3.8) is 0 Å². The lowest BCUT2D eigenvalue weighted by Gasteiger charge is -2.23. The Hall–Kier alpha value is -0.540. The summed E-state index contributed by atoms with van der Waals surface area (Å²) in [7, 11) is 1.57. The number of hydrogen-bond donors (Lipinski definition) is 0. The molecule has 0 aromatic heterocycles. The van der Waals surface area contributed by atoms with Crippen LogP contribution in [-0.4, -0.2) is 37.9 Å². The van der Waals surface area contributed by atoms with E-state index in [1.165, 1.54) is 12.1 Å². The van der Waals surface area contributed by atoms with Crippen LogP contribution in [-0.2, 0) is 4.84 Å². The van der Waals surface area contributed by atoms with Crippen molar-refractivity contribution < 1.29 is 4.84 Å². The smallest absolute Gasteiger partial charge is 0.106 e. The van der Waals surface area contributed by atoms with Gasteiger partial charge in [-0.2, -0.15) is 0 Å². The van der Waals surface area contributed by atoms with Crippen LogP contribution < -0.4 is 0 Å². The monoisotopic (exact) mass is 204 g/mol. The van der Waals surface area contributed by atoms with Gasteiger partial charge in [0, 0.05) is 13.1 Å². The molecule has 0 aliphatic carbocycles. The van der Waals surface area contributed by atoms with E-state index in [4.69, 9.17) is 0 Å². The van der Waals surface area contributed by atoms with Crippen LogP contribution in [0.4, 0.5) is 0 Å². The van der Waals surface area contributed by atoms with Gasteiger partial charge >= 0.3 is 0 Å². The Morgan fingerprint density at radius 2 is 2.46 bits per heavy atom. The third-order valence-electron chi connectivity index (χ3n) is 2.03. The van der Waals surface area contributed by atoms with Crippen LogP contribution in [0.15, 0.2) is 16.8 Å². The van der Waals surface area contributed by atoms with Crippen LogP contribution in [0.1, 0.15) is 13.3 Å². The summed E-state index contributed by atoms with van der Waals surface area (Å²) in [5.41, 5.74) is 1.25. The average molecular weight is 205 g/mol. The second-order valence-electron chi connectivity index (χ2n) is 2.85. The molecule has 3 nitrogen and oxygen atoms in total. The van der Waals surface area contributed by atoms with E-state index in [1.54, 1.807) is 13.3 Å². The number of oxime groups is 1. The first-order chi connectivity index (χ1) is 5.86. The first kappa shape index (κ1) is 12.5. The molecule has 0 atom stereocenters. The molecule has 0 bridgehead atoms. The summed E-state index contributed by atoms with van der Waals surface area (Å²) in [6, 6.07) is 0. The Bertz CT molecular complexity index is 192. The highest BCUT2D eigenvalue weighted by molar-refractivity contribution is 5.85. The minimum absolute atomic E-state index is 0. The quantitative estimate of drug-likeness (QED) is 0.517. The van der Waals surface area contributed by atoms with E-state index in [0.717, 1.165) is 19.5 Å². The Morgan fingerprint density at radius 3 is 3.08 bits per heavy atom. The average Bonchev–Trinajstić information content (AvgIpc) is 2.15. The van der Waals surface area contributed by atoms with E-state index in [0.29, 0.717) is 0 Å². The first-order valence-electron chi connectivity index (χ1n) is 4.34. The maximum absolute atomic E-state index is 4.62. The second kappa shape index (κ2) is 6.92. The van der Waals surface area contributed by atoms with Crippen LogP contribution in [0.3, 0.4) is 0 Å². The summed E-state index contributed by atoms with van der Waals surface area (Å²) in [6.45, 7) is 5.46. The van der Waals surface area contributed by atoms with Crippen molar-refractivity contribution in [3.8, 4) is 0 Å². The zero-order valence-electron chi connectivity index (χ0n) is 8.19. The van der Waals surface area contributed by atoms with Gasteiger partial charge in [0.25, 0.3) is 0 Å². The number of hydrogen-bond acceptors (Lipinski definition) is 3. The van der Waals surface area contributed by atoms with Gasteiger partial charge in [0.05, 0.1) is 6.21 Å². The van der Waals surface area contributed by atoms with Crippen LogP contribution >= 0.6 is 12.4 Å². The van der Waals surface area contributed by atoms with E-state index in [-0.39, 0.29) is 12.4 Å². The normalized spacial score (nSPS) is 18.2. The molecule has 0 radical (unpaired) electrons. The number of nitrogens with zero attached hydrogens (tertiary/aromatic N) is 2. The lowest BCUT2D eigenvalue weighted by molar-refractivity contribution is 0.215. The highest BCUT2D eigenvalue weighted by Gasteiger charge is 2.08. The third-order valence-corrected chi connectivity index (χ3v) is 2.03. The molecule has 4 heteroatoms. The van der Waals surface area contributed by atoms with Gasteiger partial charge in [-0.3, -0.25) is 4.90 Å². The molecule has 0 amide bonds. The molecule has 0 fully saturated rings. The van der Waals surface area contributed by atoms with Gasteiger partial charge in [-0.05, 0) is 18.5 Å². The minimum Gasteiger partial charge on any atom is -0.399 e. The fourth-order valence-electron chi connectivity index (χ4n) is 1.32. The van der Waals surface area contributed by atoms with Crippen LogP contribution in [0.25, 0.3) is 0 Å². The van der Waals surface area contributed by atoms with Crippen molar-refractivity contribution in [1.29, 1.82) is 0 Å². The van der Waals surface area contributed by atoms with E-state index >= 15 is 0 Å². The molecule has 0 unspecified atom stereocenters. The van der Waals surface area contributed by atoms with Gasteiger partial charge in [-0.15, -0.1) is 12.4 Å². The van der Waals surface area contributed by atoms with E-state index in [9.17, 15) is 0 Å². The van der Waals surface area contributed by atoms with Crippen molar-refractivity contribution in [3.05, 3.63) is 11.6 Å². The maximum atomic E-state index is 4.62. The Balaban J connectivity index is 0.00000144. The fourth-order valence-corrected chi connectivity index (χ4v) is 1.32. The Labute approximate surface area is 85.8 Å². The number of halogens is 1. The van der Waals surface area contributed by atoms with E-state index < -0.39 is 0 Å². The summed E-state index contributed by atoms with van der Waals surface area (Å²) in [5.74, 6) is 0. The van der Waals surface area contributed by atoms with Gasteiger partial charge < -0.3 is 4.84 Å². The van der Waals surface area contributed by atoms with Crippen LogP contribution in [0.2, 0.25) is 0 Å². The second-order valence-corrected chi connectivity index (χ2v) is 2.85. The molecular weight excluding hydrogens is 188 g/mol. The molecule has 0 aromatic rings. The minimum atomic E-state index is 0. The van der Waals surface area contributed by atoms with E-state index in [2.05, 4.69) is 27.9 Å². The largest absolute Gasteiger partial charge is 0.399 e. The number of likely N-dealkylation sites (N-methyl/N-ethyl adjacent to an activating group) is 1. The lowest BCUT2D eigenvalue weighted by Crippen LogP contribution is -2.29. The topological polar surface area (TPSA) is 24.8 Å². The number of rotatable bonds is 3. The molecule has 76 valence electrons. The Kier molecular flexibility index (Phi) is 6.63. The summed E-state index contributed by atoms with van der Waals surface area (Å²) in [5, 5.41) is 3.74. The summed E-state index contributed by atoms with van der Waals surface area (Å²) >= 11 is 0. The standard InChI is InChI=1S/C9H16N2O.ClH/c1-3-11-6-4-5-9(8-11)7-10-12-2;/h5,7H,3-4,6,8H2,1-2H3;1H/b10-7+;. The van der Waals surface area contributed by atoms with Gasteiger partial charge in [0.2, 0.25) is 0 Å². The molecule has 0 saturated carbocycles. The van der Waals surface area contributed by atoms with Gasteiger partial charge in [-0.25, -0.2) is 0 Å². The molecule has 13 heavy (non-hydrogen) atoms. The predicted octanol–water partition coefficient (Wildman–Crippen LogP) is 1.69. The highest BCUT2D eigenvalue weighted by atomic mass is 35.5. The van der Waals surface area contributed by atoms with Crippen molar-refractivity contribution in [2.45, 2.75) is 13.3 Å². The summed E-state index contributed by atoms with van der Waals surface area (Å²) in [6.07, 6.45) is 5.13. The lowest BCUT2D eigenvalue weighted by atomic mass is 10.1. The molecule has 0 aromatic carbocycles. The highest BCUT2D eigenvalue weighted by Crippen LogP contribution is 2.06. The molecule has 0 N–H and O–H groups in total. The molecule has 0 saturated heterocycles. The van der Waals surface area contributed by atoms with Crippen molar-refractivity contribution in [2.24, 2.45) is 5.16 Å². The molecule has 1 heterocycles. The van der Waals surface area contributed by atoms with Crippen molar-refractivity contribution in [2.75, 3.05) is 26.7 Å². The third kappa shape index (κ3) is 4.29. The predicted molar refractivity (Wildman–Crippen MR) is 57.6 cm³/mol. The van der Waals surface area contributed by atoms with Crippen molar-refractivity contribution in [1.82, 2.24) is 4.90 Å². The Morgan fingerprint density at radius 1 is 1.69 bits per heavy atom. The molecule has 1 rings (SSSR count). The first-order valence-corrected chi connectivity index (χ1v) is 4.34. The van der Waals surface area contributed by atoms with Gasteiger partial charge in [0.1, 0.15) is 7.11 Å². The maximum Gasteiger partial charge on any atom is 0.106 e. The van der Waals surface area contributed by atoms with Crippen molar-refractivity contribution >= 4 is 18.6 Å². The molecule has 1 aliphatic heterocycles. The molecule has 0 spiro atoms. The van der Waals surface area contributed by atoms with E-state index in [1.807, 2.05) is 0 Å². The van der Waals surface area contributed by atoms with Gasteiger partial charge in [0.15, 0.2) is 0 Å². The zero-order chi connectivity index (χ0) is 8.81. The molecular formula is C9H17ClN2O. The SMILES string of the molecule is CCN1CCC=C(/C=N/OC)C1.Cl. The summed E-state index contributed by atoms with van der Waals surface area (Å²) < 4.78 is 0. The van der Waals surface area contributed by atoms with Crippen LogP contribution in [0, 0.1) is 0 Å². The molecule has 1 aliphatic rings. The zero-order valence-corrected chi connectivity index (χ0v) is 9.01. The van der Waals surface area contributed by atoms with Crippen LogP contribution in [0.5, 0.6) is 0 Å².